The van der Waals surface area contributed by atoms with Gasteiger partial charge in [0, 0.05) is 24.8 Å². The van der Waals surface area contributed by atoms with E-state index in [0.29, 0.717) is 11.2 Å². The van der Waals surface area contributed by atoms with Crippen LogP contribution in [0.25, 0.3) is 0 Å². The third-order valence-electron chi connectivity index (χ3n) is 3.62. The zero-order valence-corrected chi connectivity index (χ0v) is 12.3. The van der Waals surface area contributed by atoms with Gasteiger partial charge in [0.2, 0.25) is 0 Å². The van der Waals surface area contributed by atoms with Crippen molar-refractivity contribution in [2.45, 2.75) is 18.9 Å². The van der Waals surface area contributed by atoms with Crippen LogP contribution >= 0.6 is 11.3 Å². The van der Waals surface area contributed by atoms with Crippen LogP contribution in [0.3, 0.4) is 0 Å². The molecule has 0 unspecified atom stereocenters. The van der Waals surface area contributed by atoms with E-state index in [-0.39, 0.29) is 5.00 Å². The van der Waals surface area contributed by atoms with Gasteiger partial charge >= 0.3 is 5.00 Å². The van der Waals surface area contributed by atoms with Crippen LogP contribution in [0.1, 0.15) is 12.8 Å². The second-order valence-electron chi connectivity index (χ2n) is 5.00. The fourth-order valence-corrected chi connectivity index (χ4v) is 3.22. The van der Waals surface area contributed by atoms with Crippen molar-refractivity contribution in [2.24, 2.45) is 0 Å². The lowest BCUT2D eigenvalue weighted by Crippen LogP contribution is -2.39. The van der Waals surface area contributed by atoms with Crippen LogP contribution in [0.4, 0.5) is 15.8 Å². The highest BCUT2D eigenvalue weighted by atomic mass is 32.1. The number of hydrogen-bond donors (Lipinski definition) is 1. The third-order valence-corrected chi connectivity index (χ3v) is 4.50. The lowest BCUT2D eigenvalue weighted by Gasteiger charge is -2.33. The van der Waals surface area contributed by atoms with E-state index in [4.69, 9.17) is 0 Å². The van der Waals surface area contributed by atoms with Crippen LogP contribution < -0.4 is 10.2 Å². The molecule has 2 aromatic rings. The van der Waals surface area contributed by atoms with E-state index in [2.05, 4.69) is 27.3 Å². The number of piperidine rings is 1. The second kappa shape index (κ2) is 6.09. The Bertz CT molecular complexity index is 608. The molecule has 0 aliphatic carbocycles. The predicted molar refractivity (Wildman–Crippen MR) is 84.1 cm³/mol. The second-order valence-corrected chi connectivity index (χ2v) is 6.01. The van der Waals surface area contributed by atoms with Crippen molar-refractivity contribution in [1.29, 1.82) is 0 Å². The number of thiazole rings is 1. The van der Waals surface area contributed by atoms with Crippen LogP contribution in [0.5, 0.6) is 0 Å². The van der Waals surface area contributed by atoms with Gasteiger partial charge < -0.3 is 10.2 Å². The van der Waals surface area contributed by atoms with Gasteiger partial charge in [-0.3, -0.25) is 10.1 Å². The fraction of sp³-hybridized carbons (Fsp3) is 0.357. The first-order valence-corrected chi connectivity index (χ1v) is 7.71. The van der Waals surface area contributed by atoms with Gasteiger partial charge in [-0.1, -0.05) is 18.2 Å². The molecular formula is C14H16N4O2S. The van der Waals surface area contributed by atoms with Gasteiger partial charge in [0.25, 0.3) is 0 Å². The molecule has 1 N–H and O–H groups in total. The maximum Gasteiger partial charge on any atom is 0.345 e. The van der Waals surface area contributed by atoms with E-state index in [1.165, 1.54) is 11.9 Å². The molecule has 1 aliphatic heterocycles. The Morgan fingerprint density at radius 3 is 2.62 bits per heavy atom. The molecule has 0 bridgehead atoms. The van der Waals surface area contributed by atoms with Crippen LogP contribution in [0, 0.1) is 10.1 Å². The third kappa shape index (κ3) is 3.30. The molecule has 110 valence electrons. The van der Waals surface area contributed by atoms with E-state index >= 15 is 0 Å². The van der Waals surface area contributed by atoms with Crippen molar-refractivity contribution in [2.75, 3.05) is 23.3 Å². The van der Waals surface area contributed by atoms with Gasteiger partial charge in [-0.2, -0.15) is 0 Å². The van der Waals surface area contributed by atoms with Crippen LogP contribution in [0.2, 0.25) is 0 Å². The highest BCUT2D eigenvalue weighted by Gasteiger charge is 2.21. The first kappa shape index (κ1) is 13.8. The normalized spacial score (nSPS) is 15.9. The topological polar surface area (TPSA) is 71.3 Å². The molecule has 1 aromatic carbocycles. The summed E-state index contributed by atoms with van der Waals surface area (Å²) < 4.78 is 0. The molecule has 21 heavy (non-hydrogen) atoms. The minimum Gasteiger partial charge on any atom is -0.371 e. The van der Waals surface area contributed by atoms with Crippen molar-refractivity contribution < 1.29 is 4.92 Å². The summed E-state index contributed by atoms with van der Waals surface area (Å²) in [5, 5.41) is 14.7. The summed E-state index contributed by atoms with van der Waals surface area (Å²) in [6, 6.07) is 10.7. The SMILES string of the molecule is O=[N+]([O-])c1cnc(NC2CCN(c3ccccc3)CC2)s1. The lowest BCUT2D eigenvalue weighted by molar-refractivity contribution is -0.380. The zero-order valence-electron chi connectivity index (χ0n) is 11.4. The van der Waals surface area contributed by atoms with Crippen molar-refractivity contribution in [3.63, 3.8) is 0 Å². The number of para-hydroxylation sites is 1. The standard InChI is InChI=1S/C14H16N4O2S/c19-18(20)13-10-15-14(21-13)16-11-6-8-17(9-7-11)12-4-2-1-3-5-12/h1-5,10-11H,6-9H2,(H,15,16). The molecule has 3 rings (SSSR count). The largest absolute Gasteiger partial charge is 0.371 e. The predicted octanol–water partition coefficient (Wildman–Crippen LogP) is 3.13. The first-order chi connectivity index (χ1) is 10.2. The van der Waals surface area contributed by atoms with E-state index in [9.17, 15) is 10.1 Å². The number of nitro groups is 1. The summed E-state index contributed by atoms with van der Waals surface area (Å²) in [6.45, 7) is 1.96. The van der Waals surface area contributed by atoms with Crippen LogP contribution in [-0.2, 0) is 0 Å². The van der Waals surface area contributed by atoms with E-state index in [1.54, 1.807) is 0 Å². The highest BCUT2D eigenvalue weighted by Crippen LogP contribution is 2.27. The van der Waals surface area contributed by atoms with Crippen molar-refractivity contribution in [1.82, 2.24) is 4.98 Å². The number of nitrogens with one attached hydrogen (secondary N) is 1. The van der Waals surface area contributed by atoms with Gasteiger partial charge in [-0.25, -0.2) is 4.98 Å². The molecule has 0 radical (unpaired) electrons. The molecule has 0 amide bonds. The molecule has 1 saturated heterocycles. The molecule has 1 aliphatic rings. The lowest BCUT2D eigenvalue weighted by atomic mass is 10.0. The van der Waals surface area contributed by atoms with E-state index < -0.39 is 4.92 Å². The smallest absolute Gasteiger partial charge is 0.345 e. The Hall–Kier alpha value is -2.15. The Balaban J connectivity index is 1.55. The minimum absolute atomic E-state index is 0.0826. The molecule has 1 aromatic heterocycles. The highest BCUT2D eigenvalue weighted by molar-refractivity contribution is 7.18. The Morgan fingerprint density at radius 1 is 1.29 bits per heavy atom. The van der Waals surface area contributed by atoms with Gasteiger partial charge in [0.05, 0.1) is 4.92 Å². The molecule has 1 fully saturated rings. The molecule has 0 atom stereocenters. The zero-order chi connectivity index (χ0) is 14.7. The van der Waals surface area contributed by atoms with Gasteiger partial charge in [0.1, 0.15) is 6.20 Å². The summed E-state index contributed by atoms with van der Waals surface area (Å²) in [5.41, 5.74) is 1.25. The maximum absolute atomic E-state index is 10.6. The molecule has 6 nitrogen and oxygen atoms in total. The Labute approximate surface area is 126 Å². The summed E-state index contributed by atoms with van der Waals surface area (Å²) in [6.07, 6.45) is 3.32. The summed E-state index contributed by atoms with van der Waals surface area (Å²) in [5.74, 6) is 0. The minimum atomic E-state index is -0.402. The summed E-state index contributed by atoms with van der Waals surface area (Å²) in [7, 11) is 0. The quantitative estimate of drug-likeness (QED) is 0.694. The molecular weight excluding hydrogens is 288 g/mol. The molecule has 0 spiro atoms. The van der Waals surface area contributed by atoms with Gasteiger partial charge in [0.15, 0.2) is 5.13 Å². The fourth-order valence-electron chi connectivity index (χ4n) is 2.51. The van der Waals surface area contributed by atoms with Crippen LogP contribution in [0.15, 0.2) is 36.5 Å². The number of rotatable bonds is 4. The number of aromatic nitrogens is 1. The monoisotopic (exact) mass is 304 g/mol. The molecule has 0 saturated carbocycles. The summed E-state index contributed by atoms with van der Waals surface area (Å²) in [4.78, 5) is 16.7. The number of benzene rings is 1. The number of nitrogens with zero attached hydrogens (tertiary/aromatic N) is 3. The number of hydrogen-bond acceptors (Lipinski definition) is 6. The Kier molecular flexibility index (Phi) is 4.01. The van der Waals surface area contributed by atoms with Crippen molar-refractivity contribution in [3.05, 3.63) is 46.6 Å². The van der Waals surface area contributed by atoms with Gasteiger partial charge in [-0.15, -0.1) is 0 Å². The van der Waals surface area contributed by atoms with Crippen molar-refractivity contribution in [3.8, 4) is 0 Å². The average molecular weight is 304 g/mol. The molecule has 7 heteroatoms. The molecule has 2 heterocycles. The van der Waals surface area contributed by atoms with E-state index in [0.717, 1.165) is 37.3 Å². The average Bonchev–Trinajstić information content (AvgIpc) is 2.98. The van der Waals surface area contributed by atoms with Gasteiger partial charge in [-0.05, 0) is 36.3 Å². The first-order valence-electron chi connectivity index (χ1n) is 6.89. The maximum atomic E-state index is 10.6. The van der Waals surface area contributed by atoms with Crippen molar-refractivity contribution >= 4 is 27.2 Å². The number of anilines is 2. The Morgan fingerprint density at radius 2 is 2.00 bits per heavy atom. The summed E-state index contributed by atoms with van der Waals surface area (Å²) >= 11 is 1.10. The van der Waals surface area contributed by atoms with Crippen LogP contribution in [-0.4, -0.2) is 29.0 Å². The van der Waals surface area contributed by atoms with E-state index in [1.807, 2.05) is 18.2 Å².